The molecule has 0 aliphatic rings. The summed E-state index contributed by atoms with van der Waals surface area (Å²) in [6.07, 6.45) is 1.61. The number of aromatic nitrogens is 1. The minimum absolute atomic E-state index is 0.0293. The van der Waals surface area contributed by atoms with Crippen molar-refractivity contribution in [2.24, 2.45) is 5.41 Å². The second-order valence-electron chi connectivity index (χ2n) is 4.35. The number of hydrogen-bond acceptors (Lipinski definition) is 3. The highest BCUT2D eigenvalue weighted by molar-refractivity contribution is 9.10. The Bertz CT molecular complexity index is 380. The second kappa shape index (κ2) is 5.41. The fourth-order valence-corrected chi connectivity index (χ4v) is 1.46. The highest BCUT2D eigenvalue weighted by atomic mass is 79.9. The van der Waals surface area contributed by atoms with Crippen LogP contribution in [0, 0.1) is 5.41 Å². The van der Waals surface area contributed by atoms with Crippen LogP contribution in [0.5, 0.6) is 0 Å². The average molecular weight is 287 g/mol. The van der Waals surface area contributed by atoms with E-state index in [1.807, 2.05) is 13.8 Å². The van der Waals surface area contributed by atoms with Crippen LogP contribution in [0.25, 0.3) is 0 Å². The molecule has 0 unspecified atom stereocenters. The molecule has 0 aliphatic heterocycles. The lowest BCUT2D eigenvalue weighted by Crippen LogP contribution is -2.36. The largest absolute Gasteiger partial charge is 0.396 e. The molecule has 1 aromatic heterocycles. The fraction of sp³-hybridized carbons (Fsp3) is 0.455. The van der Waals surface area contributed by atoms with Gasteiger partial charge in [-0.2, -0.15) is 0 Å². The molecule has 0 fully saturated rings. The Morgan fingerprint density at radius 1 is 1.62 bits per heavy atom. The first kappa shape index (κ1) is 13.1. The van der Waals surface area contributed by atoms with Gasteiger partial charge in [0.25, 0.3) is 5.91 Å². The molecule has 0 atom stereocenters. The molecule has 1 rings (SSSR count). The van der Waals surface area contributed by atoms with Crippen molar-refractivity contribution in [3.05, 3.63) is 28.5 Å². The first-order chi connectivity index (χ1) is 7.46. The van der Waals surface area contributed by atoms with Crippen LogP contribution in [0.15, 0.2) is 22.9 Å². The van der Waals surface area contributed by atoms with E-state index >= 15 is 0 Å². The Morgan fingerprint density at radius 2 is 2.31 bits per heavy atom. The molecule has 4 nitrogen and oxygen atoms in total. The smallest absolute Gasteiger partial charge is 0.254 e. The number of pyridine rings is 1. The van der Waals surface area contributed by atoms with Crippen LogP contribution >= 0.6 is 15.9 Å². The second-order valence-corrected chi connectivity index (χ2v) is 5.10. The van der Waals surface area contributed by atoms with Crippen LogP contribution in [0.1, 0.15) is 24.2 Å². The van der Waals surface area contributed by atoms with Gasteiger partial charge >= 0.3 is 0 Å². The van der Waals surface area contributed by atoms with Gasteiger partial charge < -0.3 is 10.4 Å². The molecular formula is C11H15BrN2O2. The lowest BCUT2D eigenvalue weighted by molar-refractivity contribution is 0.0910. The minimum Gasteiger partial charge on any atom is -0.396 e. The number of nitrogens with one attached hydrogen (secondary N) is 1. The van der Waals surface area contributed by atoms with Crippen molar-refractivity contribution in [2.45, 2.75) is 13.8 Å². The zero-order valence-electron chi connectivity index (χ0n) is 9.33. The Kier molecular flexibility index (Phi) is 4.44. The number of nitrogens with zero attached hydrogens (tertiary/aromatic N) is 1. The number of aliphatic hydroxyl groups is 1. The summed E-state index contributed by atoms with van der Waals surface area (Å²) in [5, 5.41) is 11.8. The number of carbonyl (C=O) groups is 1. The molecule has 0 saturated heterocycles. The molecule has 88 valence electrons. The third-order valence-electron chi connectivity index (χ3n) is 2.16. The van der Waals surface area contributed by atoms with Gasteiger partial charge in [-0.15, -0.1) is 0 Å². The van der Waals surface area contributed by atoms with Crippen LogP contribution in [0.4, 0.5) is 0 Å². The van der Waals surface area contributed by atoms with Crippen LogP contribution in [-0.2, 0) is 0 Å². The summed E-state index contributed by atoms with van der Waals surface area (Å²) >= 11 is 3.21. The van der Waals surface area contributed by atoms with Gasteiger partial charge in [0.05, 0.1) is 5.56 Å². The molecule has 0 bridgehead atoms. The van der Waals surface area contributed by atoms with Crippen molar-refractivity contribution in [1.82, 2.24) is 10.3 Å². The molecule has 5 heteroatoms. The van der Waals surface area contributed by atoms with Crippen LogP contribution in [-0.4, -0.2) is 29.1 Å². The molecule has 0 spiro atoms. The topological polar surface area (TPSA) is 62.2 Å². The van der Waals surface area contributed by atoms with E-state index in [0.29, 0.717) is 16.7 Å². The lowest BCUT2D eigenvalue weighted by Gasteiger charge is -2.21. The van der Waals surface area contributed by atoms with Gasteiger partial charge in [0.2, 0.25) is 0 Å². The zero-order chi connectivity index (χ0) is 12.2. The lowest BCUT2D eigenvalue weighted by atomic mass is 9.95. The van der Waals surface area contributed by atoms with E-state index in [9.17, 15) is 4.79 Å². The molecular weight excluding hydrogens is 272 g/mol. The number of aliphatic hydroxyl groups excluding tert-OH is 1. The summed E-state index contributed by atoms with van der Waals surface area (Å²) < 4.78 is 0.523. The molecule has 1 aromatic rings. The standard InChI is InChI=1S/C11H15BrN2O2/c1-11(2,7-15)6-14-10(16)8-4-3-5-13-9(8)12/h3-5,15H,6-7H2,1-2H3,(H,14,16). The predicted molar refractivity (Wildman–Crippen MR) is 65.1 cm³/mol. The van der Waals surface area contributed by atoms with Gasteiger partial charge in [0, 0.05) is 24.8 Å². The van der Waals surface area contributed by atoms with Gasteiger partial charge in [0.15, 0.2) is 0 Å². The van der Waals surface area contributed by atoms with Gasteiger partial charge in [0.1, 0.15) is 4.60 Å². The predicted octanol–water partition coefficient (Wildman–Crippen LogP) is 1.59. The first-order valence-electron chi connectivity index (χ1n) is 4.96. The van der Waals surface area contributed by atoms with Gasteiger partial charge in [-0.05, 0) is 28.1 Å². The summed E-state index contributed by atoms with van der Waals surface area (Å²) in [7, 11) is 0. The molecule has 2 N–H and O–H groups in total. The van der Waals surface area contributed by atoms with E-state index in [-0.39, 0.29) is 17.9 Å². The summed E-state index contributed by atoms with van der Waals surface area (Å²) in [5.74, 6) is -0.193. The SMILES string of the molecule is CC(C)(CO)CNC(=O)c1cccnc1Br. The summed E-state index contributed by atoms with van der Waals surface area (Å²) in [6.45, 7) is 4.21. The molecule has 16 heavy (non-hydrogen) atoms. The molecule has 0 aromatic carbocycles. The Labute approximate surface area is 103 Å². The van der Waals surface area contributed by atoms with Crippen molar-refractivity contribution >= 4 is 21.8 Å². The van der Waals surface area contributed by atoms with Crippen molar-refractivity contribution in [2.75, 3.05) is 13.2 Å². The van der Waals surface area contributed by atoms with Crippen molar-refractivity contribution in [3.63, 3.8) is 0 Å². The maximum atomic E-state index is 11.8. The van der Waals surface area contributed by atoms with Crippen LogP contribution in [0.3, 0.4) is 0 Å². The van der Waals surface area contributed by atoms with Crippen molar-refractivity contribution in [1.29, 1.82) is 0 Å². The van der Waals surface area contributed by atoms with Crippen LogP contribution < -0.4 is 5.32 Å². The normalized spacial score (nSPS) is 11.2. The number of carbonyl (C=O) groups excluding carboxylic acids is 1. The van der Waals surface area contributed by atoms with Gasteiger partial charge in [-0.1, -0.05) is 13.8 Å². The van der Waals surface area contributed by atoms with E-state index < -0.39 is 0 Å². The quantitative estimate of drug-likeness (QED) is 0.827. The number of rotatable bonds is 4. The molecule has 0 saturated carbocycles. The van der Waals surface area contributed by atoms with Crippen molar-refractivity contribution < 1.29 is 9.90 Å². The maximum absolute atomic E-state index is 11.8. The Balaban J connectivity index is 2.64. The van der Waals surface area contributed by atoms with Gasteiger partial charge in [-0.25, -0.2) is 4.98 Å². The van der Waals surface area contributed by atoms with E-state index in [0.717, 1.165) is 0 Å². The Hall–Kier alpha value is -0.940. The Morgan fingerprint density at radius 3 is 2.88 bits per heavy atom. The first-order valence-corrected chi connectivity index (χ1v) is 5.75. The zero-order valence-corrected chi connectivity index (χ0v) is 10.9. The van der Waals surface area contributed by atoms with Gasteiger partial charge in [-0.3, -0.25) is 4.79 Å². The van der Waals surface area contributed by atoms with Crippen LogP contribution in [0.2, 0.25) is 0 Å². The highest BCUT2D eigenvalue weighted by Gasteiger charge is 2.18. The summed E-state index contributed by atoms with van der Waals surface area (Å²) in [5.41, 5.74) is 0.181. The third kappa shape index (κ3) is 3.57. The van der Waals surface area contributed by atoms with Crippen molar-refractivity contribution in [3.8, 4) is 0 Å². The summed E-state index contributed by atoms with van der Waals surface area (Å²) in [4.78, 5) is 15.7. The highest BCUT2D eigenvalue weighted by Crippen LogP contribution is 2.14. The molecule has 1 heterocycles. The third-order valence-corrected chi connectivity index (χ3v) is 2.79. The molecule has 0 radical (unpaired) electrons. The van der Waals surface area contributed by atoms with E-state index in [4.69, 9.17) is 5.11 Å². The van der Waals surface area contributed by atoms with E-state index in [1.54, 1.807) is 18.3 Å². The monoisotopic (exact) mass is 286 g/mol. The average Bonchev–Trinajstić information content (AvgIpc) is 2.27. The number of amides is 1. The van der Waals surface area contributed by atoms with E-state index in [1.165, 1.54) is 0 Å². The van der Waals surface area contributed by atoms with E-state index in [2.05, 4.69) is 26.2 Å². The molecule has 1 amide bonds. The fourth-order valence-electron chi connectivity index (χ4n) is 1.03. The number of halogens is 1. The minimum atomic E-state index is -0.315. The maximum Gasteiger partial charge on any atom is 0.254 e. The number of hydrogen-bond donors (Lipinski definition) is 2. The summed E-state index contributed by atoms with van der Waals surface area (Å²) in [6, 6.07) is 3.40. The molecule has 0 aliphatic carbocycles.